The molecule has 1 unspecified atom stereocenters. The number of piperidine rings is 1. The second-order valence-corrected chi connectivity index (χ2v) is 7.36. The van der Waals surface area contributed by atoms with Crippen molar-refractivity contribution in [1.29, 1.82) is 0 Å². The van der Waals surface area contributed by atoms with E-state index >= 15 is 0 Å². The molecule has 162 valence electrons. The van der Waals surface area contributed by atoms with E-state index < -0.39 is 11.6 Å². The number of nitrogens with one attached hydrogen (secondary N) is 1. The number of benzene rings is 2. The zero-order valence-electron chi connectivity index (χ0n) is 17.7. The Kier molecular flexibility index (Phi) is 9.61. The number of rotatable bonds is 7. The molecule has 1 heterocycles. The van der Waals surface area contributed by atoms with Crippen molar-refractivity contribution >= 4 is 12.2 Å². The average Bonchev–Trinajstić information content (AvgIpc) is 2.78. The summed E-state index contributed by atoms with van der Waals surface area (Å²) in [5, 5.41) is 2.96. The SMILES string of the molecule is CCC(=O)c1cccc(C2CCCN(C=O)C2)c1.CCNCc1ccc(F)cc1F. The third-order valence-electron chi connectivity index (χ3n) is 5.18. The van der Waals surface area contributed by atoms with Crippen LogP contribution in [0.15, 0.2) is 42.5 Å². The van der Waals surface area contributed by atoms with Crippen molar-refractivity contribution < 1.29 is 18.4 Å². The summed E-state index contributed by atoms with van der Waals surface area (Å²) in [5.74, 6) is -0.475. The van der Waals surface area contributed by atoms with Crippen LogP contribution in [0.3, 0.4) is 0 Å². The van der Waals surface area contributed by atoms with Gasteiger partial charge in [0.2, 0.25) is 6.41 Å². The topological polar surface area (TPSA) is 49.4 Å². The number of Topliss-reactive ketones (excluding diaryl/α,β-unsaturated/α-hetero) is 1. The first-order valence-electron chi connectivity index (χ1n) is 10.5. The van der Waals surface area contributed by atoms with Gasteiger partial charge >= 0.3 is 0 Å². The van der Waals surface area contributed by atoms with Crippen molar-refractivity contribution in [1.82, 2.24) is 10.2 Å². The van der Waals surface area contributed by atoms with Gasteiger partial charge in [-0.2, -0.15) is 0 Å². The lowest BCUT2D eigenvalue weighted by Crippen LogP contribution is -2.33. The number of nitrogens with zero attached hydrogens (tertiary/aromatic N) is 1. The van der Waals surface area contributed by atoms with Crippen molar-refractivity contribution in [3.8, 4) is 0 Å². The maximum atomic E-state index is 12.9. The third-order valence-corrected chi connectivity index (χ3v) is 5.18. The second kappa shape index (κ2) is 12.2. The summed E-state index contributed by atoms with van der Waals surface area (Å²) in [7, 11) is 0. The van der Waals surface area contributed by atoms with Crippen LogP contribution >= 0.6 is 0 Å². The highest BCUT2D eigenvalue weighted by Gasteiger charge is 2.20. The first-order valence-corrected chi connectivity index (χ1v) is 10.5. The maximum Gasteiger partial charge on any atom is 0.209 e. The van der Waals surface area contributed by atoms with Gasteiger partial charge in [0.15, 0.2) is 5.78 Å². The van der Waals surface area contributed by atoms with Crippen LogP contribution in [0.25, 0.3) is 0 Å². The summed E-state index contributed by atoms with van der Waals surface area (Å²) in [6.45, 7) is 6.66. The smallest absolute Gasteiger partial charge is 0.209 e. The molecule has 1 fully saturated rings. The highest BCUT2D eigenvalue weighted by molar-refractivity contribution is 5.96. The minimum atomic E-state index is -0.534. The van der Waals surface area contributed by atoms with E-state index in [-0.39, 0.29) is 5.78 Å². The number of amides is 1. The van der Waals surface area contributed by atoms with Gasteiger partial charge in [0.1, 0.15) is 11.6 Å². The Hall–Kier alpha value is -2.60. The van der Waals surface area contributed by atoms with E-state index in [0.717, 1.165) is 50.5 Å². The molecule has 0 radical (unpaired) electrons. The predicted molar refractivity (Wildman–Crippen MR) is 114 cm³/mol. The molecule has 2 aromatic rings. The molecule has 3 rings (SSSR count). The molecule has 1 aliphatic heterocycles. The fourth-order valence-corrected chi connectivity index (χ4v) is 3.47. The zero-order valence-corrected chi connectivity index (χ0v) is 17.7. The number of hydrogen-bond donors (Lipinski definition) is 1. The summed E-state index contributed by atoms with van der Waals surface area (Å²) in [5.41, 5.74) is 2.47. The third kappa shape index (κ3) is 7.02. The fraction of sp³-hybridized carbons (Fsp3) is 0.417. The summed E-state index contributed by atoms with van der Waals surface area (Å²) < 4.78 is 25.3. The van der Waals surface area contributed by atoms with Gasteiger partial charge in [-0.15, -0.1) is 0 Å². The molecular formula is C24H30F2N2O2. The number of halogens is 2. The highest BCUT2D eigenvalue weighted by Crippen LogP contribution is 2.27. The molecule has 0 aliphatic carbocycles. The van der Waals surface area contributed by atoms with Crippen LogP contribution < -0.4 is 5.32 Å². The van der Waals surface area contributed by atoms with E-state index in [4.69, 9.17) is 0 Å². The van der Waals surface area contributed by atoms with Crippen molar-refractivity contribution in [2.75, 3.05) is 19.6 Å². The molecule has 1 aliphatic rings. The number of carbonyl (C=O) groups is 2. The summed E-state index contributed by atoms with van der Waals surface area (Å²) in [4.78, 5) is 24.4. The first kappa shape index (κ1) is 23.7. The lowest BCUT2D eigenvalue weighted by atomic mass is 9.89. The Labute approximate surface area is 177 Å². The number of ketones is 1. The lowest BCUT2D eigenvalue weighted by Gasteiger charge is -2.30. The maximum absolute atomic E-state index is 12.9. The molecule has 0 spiro atoms. The molecule has 0 bridgehead atoms. The van der Waals surface area contributed by atoms with Crippen LogP contribution in [-0.4, -0.2) is 36.7 Å². The van der Waals surface area contributed by atoms with E-state index in [1.165, 1.54) is 17.7 Å². The average molecular weight is 417 g/mol. The van der Waals surface area contributed by atoms with Gasteiger partial charge in [0.25, 0.3) is 0 Å². The minimum Gasteiger partial charge on any atom is -0.345 e. The second-order valence-electron chi connectivity index (χ2n) is 7.36. The lowest BCUT2D eigenvalue weighted by molar-refractivity contribution is -0.119. The quantitative estimate of drug-likeness (QED) is 0.526. The Morgan fingerprint density at radius 2 is 2.00 bits per heavy atom. The van der Waals surface area contributed by atoms with Crippen LogP contribution in [0.5, 0.6) is 0 Å². The molecule has 6 heteroatoms. The summed E-state index contributed by atoms with van der Waals surface area (Å²) in [6.07, 6.45) is 3.59. The Morgan fingerprint density at radius 3 is 2.67 bits per heavy atom. The Balaban J connectivity index is 0.000000232. The van der Waals surface area contributed by atoms with Gasteiger partial charge in [-0.05, 0) is 37.1 Å². The molecule has 0 saturated carbocycles. The van der Waals surface area contributed by atoms with Gasteiger partial charge in [-0.25, -0.2) is 8.78 Å². The predicted octanol–water partition coefficient (Wildman–Crippen LogP) is 4.69. The van der Waals surface area contributed by atoms with Crippen LogP contribution in [0, 0.1) is 11.6 Å². The van der Waals surface area contributed by atoms with Crippen molar-refractivity contribution in [3.05, 3.63) is 70.8 Å². The Bertz CT molecular complexity index is 842. The van der Waals surface area contributed by atoms with Crippen molar-refractivity contribution in [2.24, 2.45) is 0 Å². The van der Waals surface area contributed by atoms with Crippen LogP contribution in [0.1, 0.15) is 60.5 Å². The van der Waals surface area contributed by atoms with E-state index in [1.807, 2.05) is 36.9 Å². The van der Waals surface area contributed by atoms with E-state index in [9.17, 15) is 18.4 Å². The van der Waals surface area contributed by atoms with Gasteiger partial charge in [-0.3, -0.25) is 9.59 Å². The van der Waals surface area contributed by atoms with Gasteiger partial charge in [-0.1, -0.05) is 38.1 Å². The molecule has 2 aromatic carbocycles. The number of likely N-dealkylation sites (tertiary alicyclic amines) is 1. The highest BCUT2D eigenvalue weighted by atomic mass is 19.1. The van der Waals surface area contributed by atoms with Crippen molar-refractivity contribution in [3.63, 3.8) is 0 Å². The standard InChI is InChI=1S/C15H19NO2.C9H11F2N/c1-2-15(18)13-6-3-5-12(9-13)14-7-4-8-16(10-14)11-17;1-2-12-6-7-3-4-8(10)5-9(7)11/h3,5-6,9,11,14H,2,4,7-8,10H2,1H3;3-5,12H,2,6H2,1H3. The zero-order chi connectivity index (χ0) is 21.9. The molecule has 1 amide bonds. The van der Waals surface area contributed by atoms with E-state index in [0.29, 0.717) is 24.4 Å². The van der Waals surface area contributed by atoms with Gasteiger partial charge in [0.05, 0.1) is 0 Å². The number of hydrogen-bond acceptors (Lipinski definition) is 3. The number of carbonyl (C=O) groups excluding carboxylic acids is 2. The monoisotopic (exact) mass is 416 g/mol. The minimum absolute atomic E-state index is 0.180. The normalized spacial score (nSPS) is 15.9. The van der Waals surface area contributed by atoms with Crippen molar-refractivity contribution in [2.45, 2.75) is 45.6 Å². The summed E-state index contributed by atoms with van der Waals surface area (Å²) in [6, 6.07) is 11.5. The van der Waals surface area contributed by atoms with Gasteiger partial charge < -0.3 is 10.2 Å². The van der Waals surface area contributed by atoms with E-state index in [2.05, 4.69) is 11.4 Å². The van der Waals surface area contributed by atoms with Crippen LogP contribution in [0.2, 0.25) is 0 Å². The van der Waals surface area contributed by atoms with Crippen LogP contribution in [-0.2, 0) is 11.3 Å². The molecule has 30 heavy (non-hydrogen) atoms. The Morgan fingerprint density at radius 1 is 1.20 bits per heavy atom. The fourth-order valence-electron chi connectivity index (χ4n) is 3.47. The summed E-state index contributed by atoms with van der Waals surface area (Å²) >= 11 is 0. The largest absolute Gasteiger partial charge is 0.345 e. The molecular weight excluding hydrogens is 386 g/mol. The van der Waals surface area contributed by atoms with Crippen LogP contribution in [0.4, 0.5) is 8.78 Å². The molecule has 0 aromatic heterocycles. The van der Waals surface area contributed by atoms with E-state index in [1.54, 1.807) is 0 Å². The van der Waals surface area contributed by atoms with Gasteiger partial charge in [0, 0.05) is 49.2 Å². The molecule has 1 saturated heterocycles. The molecule has 4 nitrogen and oxygen atoms in total. The molecule has 1 N–H and O–H groups in total. The molecule has 1 atom stereocenters. The first-order chi connectivity index (χ1) is 14.5.